The number of nitrogens with one attached hydrogen (secondary N) is 2. The van der Waals surface area contributed by atoms with Crippen LogP contribution in [0.5, 0.6) is 0 Å². The van der Waals surface area contributed by atoms with Crippen molar-refractivity contribution >= 4 is 17.5 Å². The third-order valence-corrected chi connectivity index (χ3v) is 4.31. The summed E-state index contributed by atoms with van der Waals surface area (Å²) in [6.07, 6.45) is 4.63. The zero-order valence-electron chi connectivity index (χ0n) is 16.5. The van der Waals surface area contributed by atoms with Gasteiger partial charge in [-0.1, -0.05) is 25.1 Å². The number of benzene rings is 1. The van der Waals surface area contributed by atoms with Crippen molar-refractivity contribution in [3.05, 3.63) is 58.9 Å². The van der Waals surface area contributed by atoms with Crippen LogP contribution in [0, 0.1) is 6.92 Å². The molecule has 6 nitrogen and oxygen atoms in total. The monoisotopic (exact) mass is 368 g/mol. The molecule has 0 spiro atoms. The summed E-state index contributed by atoms with van der Waals surface area (Å²) in [5.74, 6) is -0.491. The first kappa shape index (κ1) is 20.6. The van der Waals surface area contributed by atoms with Gasteiger partial charge in [0.05, 0.1) is 11.1 Å². The van der Waals surface area contributed by atoms with Crippen molar-refractivity contribution < 1.29 is 9.59 Å². The molecular weight excluding hydrogens is 340 g/mol. The number of carbonyl (C=O) groups is 2. The molecular formula is C21H28N4O2. The topological polar surface area (TPSA) is 74.3 Å². The van der Waals surface area contributed by atoms with E-state index in [2.05, 4.69) is 20.5 Å². The van der Waals surface area contributed by atoms with Crippen molar-refractivity contribution in [2.45, 2.75) is 26.7 Å². The average molecular weight is 368 g/mol. The van der Waals surface area contributed by atoms with Crippen LogP contribution in [-0.4, -0.2) is 48.9 Å². The Balaban J connectivity index is 2.06. The molecule has 0 saturated carbocycles. The highest BCUT2D eigenvalue weighted by Gasteiger charge is 2.14. The van der Waals surface area contributed by atoms with E-state index in [9.17, 15) is 9.59 Å². The third-order valence-electron chi connectivity index (χ3n) is 4.31. The number of hydrogen-bond acceptors (Lipinski definition) is 4. The van der Waals surface area contributed by atoms with Gasteiger partial charge >= 0.3 is 0 Å². The van der Waals surface area contributed by atoms with Crippen LogP contribution in [0.25, 0.3) is 0 Å². The first-order valence-electron chi connectivity index (χ1n) is 9.20. The summed E-state index contributed by atoms with van der Waals surface area (Å²) < 4.78 is 0. The number of anilines is 1. The molecule has 0 unspecified atom stereocenters. The number of nitrogens with zero attached hydrogens (tertiary/aromatic N) is 2. The lowest BCUT2D eigenvalue weighted by Crippen LogP contribution is -2.27. The van der Waals surface area contributed by atoms with E-state index in [1.54, 1.807) is 6.07 Å². The summed E-state index contributed by atoms with van der Waals surface area (Å²) in [4.78, 5) is 31.1. The smallest absolute Gasteiger partial charge is 0.257 e. The van der Waals surface area contributed by atoms with Crippen LogP contribution in [0.1, 0.15) is 45.2 Å². The fraction of sp³-hybridized carbons (Fsp3) is 0.381. The van der Waals surface area contributed by atoms with Gasteiger partial charge in [-0.2, -0.15) is 0 Å². The lowest BCUT2D eigenvalue weighted by atomic mass is 10.1. The number of carbonyl (C=O) groups excluding carboxylic acids is 2. The van der Waals surface area contributed by atoms with Crippen molar-refractivity contribution in [2.75, 3.05) is 32.5 Å². The van der Waals surface area contributed by atoms with E-state index in [-0.39, 0.29) is 11.8 Å². The quantitative estimate of drug-likeness (QED) is 0.703. The van der Waals surface area contributed by atoms with E-state index in [1.807, 2.05) is 46.1 Å². The molecule has 0 atom stereocenters. The fourth-order valence-corrected chi connectivity index (χ4v) is 2.78. The van der Waals surface area contributed by atoms with Crippen molar-refractivity contribution in [3.63, 3.8) is 0 Å². The van der Waals surface area contributed by atoms with Crippen LogP contribution < -0.4 is 10.6 Å². The Kier molecular flexibility index (Phi) is 7.49. The molecule has 0 aliphatic carbocycles. The number of hydrogen-bond donors (Lipinski definition) is 2. The molecule has 6 heteroatoms. The van der Waals surface area contributed by atoms with Gasteiger partial charge in [-0.3, -0.25) is 14.6 Å². The van der Waals surface area contributed by atoms with Gasteiger partial charge < -0.3 is 15.5 Å². The number of para-hydroxylation sites is 1. The van der Waals surface area contributed by atoms with Crippen molar-refractivity contribution in [2.24, 2.45) is 0 Å². The van der Waals surface area contributed by atoms with Crippen molar-refractivity contribution in [1.29, 1.82) is 0 Å². The SMILES string of the molecule is CCc1cccc(C)c1NC(=O)c1cncc(C(=O)NCCCN(C)C)c1. The van der Waals surface area contributed by atoms with Gasteiger partial charge in [0.25, 0.3) is 11.8 Å². The van der Waals surface area contributed by atoms with Crippen molar-refractivity contribution in [1.82, 2.24) is 15.2 Å². The fourth-order valence-electron chi connectivity index (χ4n) is 2.78. The highest BCUT2D eigenvalue weighted by molar-refractivity contribution is 6.06. The van der Waals surface area contributed by atoms with Gasteiger partial charge in [-0.05, 0) is 57.6 Å². The minimum Gasteiger partial charge on any atom is -0.352 e. The van der Waals surface area contributed by atoms with Gasteiger partial charge in [-0.15, -0.1) is 0 Å². The van der Waals surface area contributed by atoms with Gasteiger partial charge in [-0.25, -0.2) is 0 Å². The van der Waals surface area contributed by atoms with Crippen LogP contribution in [0.15, 0.2) is 36.7 Å². The van der Waals surface area contributed by atoms with Crippen LogP contribution in [0.4, 0.5) is 5.69 Å². The van der Waals surface area contributed by atoms with Crippen LogP contribution in [0.3, 0.4) is 0 Å². The molecule has 27 heavy (non-hydrogen) atoms. The molecule has 1 aromatic carbocycles. The number of amides is 2. The summed E-state index contributed by atoms with van der Waals surface area (Å²) >= 11 is 0. The van der Waals surface area contributed by atoms with E-state index in [0.29, 0.717) is 17.7 Å². The molecule has 2 aromatic rings. The molecule has 0 fully saturated rings. The van der Waals surface area contributed by atoms with E-state index in [1.165, 1.54) is 12.4 Å². The van der Waals surface area contributed by atoms with Gasteiger partial charge in [0, 0.05) is 24.6 Å². The number of pyridine rings is 1. The Bertz CT molecular complexity index is 803. The predicted octanol–water partition coefficient (Wildman–Crippen LogP) is 2.89. The molecule has 0 bridgehead atoms. The zero-order chi connectivity index (χ0) is 19.8. The van der Waals surface area contributed by atoms with Gasteiger partial charge in [0.2, 0.25) is 0 Å². The minimum absolute atomic E-state index is 0.221. The van der Waals surface area contributed by atoms with Crippen LogP contribution in [0.2, 0.25) is 0 Å². The molecule has 0 aliphatic heterocycles. The third kappa shape index (κ3) is 5.89. The maximum atomic E-state index is 12.7. The molecule has 1 aromatic heterocycles. The van der Waals surface area contributed by atoms with E-state index >= 15 is 0 Å². The summed E-state index contributed by atoms with van der Waals surface area (Å²) in [5.41, 5.74) is 3.65. The second-order valence-electron chi connectivity index (χ2n) is 6.79. The normalized spacial score (nSPS) is 10.7. The first-order chi connectivity index (χ1) is 12.9. The molecule has 144 valence electrons. The summed E-state index contributed by atoms with van der Waals surface area (Å²) in [5, 5.41) is 5.82. The molecule has 1 heterocycles. The first-order valence-corrected chi connectivity index (χ1v) is 9.20. The second kappa shape index (κ2) is 9.83. The minimum atomic E-state index is -0.270. The maximum absolute atomic E-state index is 12.7. The molecule has 2 N–H and O–H groups in total. The molecule has 0 saturated heterocycles. The summed E-state index contributed by atoms with van der Waals surface area (Å²) in [6.45, 7) is 5.49. The van der Waals surface area contributed by atoms with E-state index in [0.717, 1.165) is 36.2 Å². The van der Waals surface area contributed by atoms with Crippen molar-refractivity contribution in [3.8, 4) is 0 Å². The summed E-state index contributed by atoms with van der Waals surface area (Å²) in [6, 6.07) is 7.52. The van der Waals surface area contributed by atoms with Crippen LogP contribution in [-0.2, 0) is 6.42 Å². The number of aromatic nitrogens is 1. The second-order valence-corrected chi connectivity index (χ2v) is 6.79. The molecule has 2 rings (SSSR count). The lowest BCUT2D eigenvalue weighted by molar-refractivity contribution is 0.0952. The summed E-state index contributed by atoms with van der Waals surface area (Å²) in [7, 11) is 3.98. The van der Waals surface area contributed by atoms with Gasteiger partial charge in [0.1, 0.15) is 0 Å². The average Bonchev–Trinajstić information content (AvgIpc) is 2.66. The Labute approximate surface area is 161 Å². The Morgan fingerprint density at radius 2 is 1.81 bits per heavy atom. The van der Waals surface area contributed by atoms with E-state index in [4.69, 9.17) is 0 Å². The van der Waals surface area contributed by atoms with E-state index < -0.39 is 0 Å². The standard InChI is InChI=1S/C21H28N4O2/c1-5-16-9-6-8-15(2)19(16)24-21(27)18-12-17(13-22-14-18)20(26)23-10-7-11-25(3)4/h6,8-9,12-14H,5,7,10-11H2,1-4H3,(H,23,26)(H,24,27). The van der Waals surface area contributed by atoms with Gasteiger partial charge in [0.15, 0.2) is 0 Å². The highest BCUT2D eigenvalue weighted by atomic mass is 16.2. The lowest BCUT2D eigenvalue weighted by Gasteiger charge is -2.13. The number of rotatable bonds is 8. The highest BCUT2D eigenvalue weighted by Crippen LogP contribution is 2.22. The van der Waals surface area contributed by atoms with Crippen LogP contribution >= 0.6 is 0 Å². The molecule has 2 amide bonds. The molecule has 0 radical (unpaired) electrons. The zero-order valence-corrected chi connectivity index (χ0v) is 16.5. The Morgan fingerprint density at radius 3 is 2.48 bits per heavy atom. The Morgan fingerprint density at radius 1 is 1.11 bits per heavy atom. The maximum Gasteiger partial charge on any atom is 0.257 e. The molecule has 0 aliphatic rings. The number of aryl methyl sites for hydroxylation is 2. The largest absolute Gasteiger partial charge is 0.352 e. The Hall–Kier alpha value is -2.73. The predicted molar refractivity (Wildman–Crippen MR) is 108 cm³/mol.